The molecule has 0 radical (unpaired) electrons. The van der Waals surface area contributed by atoms with Gasteiger partial charge in [0.15, 0.2) is 11.5 Å². The van der Waals surface area contributed by atoms with Gasteiger partial charge in [-0.3, -0.25) is 0 Å². The largest absolute Gasteiger partial charge is 0.490 e. The summed E-state index contributed by atoms with van der Waals surface area (Å²) in [7, 11) is 0. The second-order valence-electron chi connectivity index (χ2n) is 7.26. The van der Waals surface area contributed by atoms with Crippen LogP contribution in [-0.4, -0.2) is 23.1 Å². The van der Waals surface area contributed by atoms with Gasteiger partial charge in [0.05, 0.1) is 17.6 Å². The molecule has 0 aliphatic heterocycles. The Hall–Kier alpha value is -3.02. The van der Waals surface area contributed by atoms with Gasteiger partial charge in [-0.15, -0.1) is 0 Å². The molecular weight excluding hydrogens is 410 g/mol. The third kappa shape index (κ3) is 5.78. The molecule has 0 aliphatic carbocycles. The van der Waals surface area contributed by atoms with Crippen molar-refractivity contribution in [1.82, 2.24) is 15.3 Å². The predicted molar refractivity (Wildman–Crippen MR) is 125 cm³/mol. The molecule has 4 aromatic rings. The first-order valence-electron chi connectivity index (χ1n) is 10.5. The molecule has 2 N–H and O–H groups in total. The summed E-state index contributed by atoms with van der Waals surface area (Å²) in [5, 5.41) is 4.20. The molecule has 160 valence electrons. The number of H-pyrrole nitrogens is 1. The van der Waals surface area contributed by atoms with Crippen LogP contribution in [0.2, 0.25) is 5.02 Å². The average molecular weight is 436 g/mol. The number of imidazole rings is 1. The van der Waals surface area contributed by atoms with Crippen molar-refractivity contribution in [1.29, 1.82) is 0 Å². The Morgan fingerprint density at radius 3 is 2.55 bits per heavy atom. The molecule has 0 aliphatic rings. The molecule has 0 fully saturated rings. The molecule has 5 nitrogen and oxygen atoms in total. The molecule has 4 rings (SSSR count). The molecule has 3 aromatic carbocycles. The molecule has 1 aromatic heterocycles. The molecule has 0 saturated carbocycles. The average Bonchev–Trinajstić information content (AvgIpc) is 3.20. The van der Waals surface area contributed by atoms with E-state index in [1.807, 2.05) is 67.6 Å². The summed E-state index contributed by atoms with van der Waals surface area (Å²) in [4.78, 5) is 7.98. The van der Waals surface area contributed by atoms with Gasteiger partial charge in [0, 0.05) is 24.5 Å². The predicted octanol–water partition coefficient (Wildman–Crippen LogP) is 5.53. The number of halogens is 1. The highest BCUT2D eigenvalue weighted by Gasteiger charge is 2.08. The van der Waals surface area contributed by atoms with E-state index in [-0.39, 0.29) is 0 Å². The standard InChI is InChI=1S/C25H26ClN3O2/c1-2-30-24-15-19(9-12-23(24)31-17-18-7-10-20(26)11-8-18)16-27-14-13-25-28-21-5-3-4-6-22(21)29-25/h3-12,15,27H,2,13-14,16-17H2,1H3,(H,28,29). The van der Waals surface area contributed by atoms with Crippen LogP contribution in [0, 0.1) is 0 Å². The first-order valence-corrected chi connectivity index (χ1v) is 10.9. The third-order valence-corrected chi connectivity index (χ3v) is 5.17. The number of ether oxygens (including phenoxy) is 2. The Morgan fingerprint density at radius 1 is 0.935 bits per heavy atom. The lowest BCUT2D eigenvalue weighted by Crippen LogP contribution is -2.17. The molecule has 6 heteroatoms. The van der Waals surface area contributed by atoms with E-state index >= 15 is 0 Å². The van der Waals surface area contributed by atoms with Crippen molar-refractivity contribution in [2.45, 2.75) is 26.5 Å². The molecule has 0 atom stereocenters. The number of fused-ring (bicyclic) bond motifs is 1. The molecule has 0 spiro atoms. The summed E-state index contributed by atoms with van der Waals surface area (Å²) in [6, 6.07) is 21.8. The number of nitrogens with one attached hydrogen (secondary N) is 2. The molecule has 0 bridgehead atoms. The normalized spacial score (nSPS) is 11.0. The number of nitrogens with zero attached hydrogens (tertiary/aromatic N) is 1. The van der Waals surface area contributed by atoms with E-state index in [1.165, 1.54) is 0 Å². The van der Waals surface area contributed by atoms with E-state index in [0.29, 0.717) is 13.2 Å². The quantitative estimate of drug-likeness (QED) is 0.322. The molecule has 0 amide bonds. The zero-order valence-corrected chi connectivity index (χ0v) is 18.3. The fraction of sp³-hybridized carbons (Fsp3) is 0.240. The summed E-state index contributed by atoms with van der Waals surface area (Å²) in [6.07, 6.45) is 0.843. The molecule has 31 heavy (non-hydrogen) atoms. The summed E-state index contributed by atoms with van der Waals surface area (Å²) >= 11 is 5.95. The third-order valence-electron chi connectivity index (χ3n) is 4.92. The van der Waals surface area contributed by atoms with Crippen LogP contribution in [0.3, 0.4) is 0 Å². The summed E-state index contributed by atoms with van der Waals surface area (Å²) in [6.45, 7) is 4.60. The highest BCUT2D eigenvalue weighted by atomic mass is 35.5. The number of para-hydroxylation sites is 2. The SMILES string of the molecule is CCOc1cc(CNCCc2nc3ccccc3[nH]2)ccc1OCc1ccc(Cl)cc1. The topological polar surface area (TPSA) is 59.2 Å². The molecule has 0 unspecified atom stereocenters. The van der Waals surface area contributed by atoms with E-state index in [9.17, 15) is 0 Å². The van der Waals surface area contributed by atoms with Crippen molar-refractivity contribution in [3.05, 3.63) is 88.7 Å². The van der Waals surface area contributed by atoms with Crippen LogP contribution in [0.25, 0.3) is 11.0 Å². The first kappa shape index (κ1) is 21.2. The van der Waals surface area contributed by atoms with Crippen LogP contribution in [0.5, 0.6) is 11.5 Å². The Balaban J connectivity index is 1.31. The van der Waals surface area contributed by atoms with Gasteiger partial charge >= 0.3 is 0 Å². The van der Waals surface area contributed by atoms with Gasteiger partial charge in [0.25, 0.3) is 0 Å². The Labute approximate surface area is 187 Å². The van der Waals surface area contributed by atoms with Gasteiger partial charge in [-0.05, 0) is 54.4 Å². The highest BCUT2D eigenvalue weighted by molar-refractivity contribution is 6.30. The molecular formula is C25H26ClN3O2. The van der Waals surface area contributed by atoms with Crippen LogP contribution in [-0.2, 0) is 19.6 Å². The van der Waals surface area contributed by atoms with Crippen LogP contribution < -0.4 is 14.8 Å². The second kappa shape index (κ2) is 10.3. The number of hydrogen-bond acceptors (Lipinski definition) is 4. The lowest BCUT2D eigenvalue weighted by atomic mass is 10.2. The van der Waals surface area contributed by atoms with Crippen molar-refractivity contribution in [2.24, 2.45) is 0 Å². The fourth-order valence-corrected chi connectivity index (χ4v) is 3.48. The van der Waals surface area contributed by atoms with Crippen molar-refractivity contribution >= 4 is 22.6 Å². The molecule has 0 saturated heterocycles. The Morgan fingerprint density at radius 2 is 1.74 bits per heavy atom. The van der Waals surface area contributed by atoms with E-state index in [2.05, 4.69) is 21.4 Å². The van der Waals surface area contributed by atoms with E-state index < -0.39 is 0 Å². The smallest absolute Gasteiger partial charge is 0.161 e. The van der Waals surface area contributed by atoms with E-state index in [4.69, 9.17) is 21.1 Å². The zero-order valence-electron chi connectivity index (χ0n) is 17.5. The number of rotatable bonds is 10. The lowest BCUT2D eigenvalue weighted by Gasteiger charge is -2.14. The van der Waals surface area contributed by atoms with Crippen LogP contribution in [0.15, 0.2) is 66.7 Å². The van der Waals surface area contributed by atoms with Crippen molar-refractivity contribution in [2.75, 3.05) is 13.2 Å². The maximum absolute atomic E-state index is 5.98. The van der Waals surface area contributed by atoms with Crippen LogP contribution in [0.4, 0.5) is 0 Å². The monoisotopic (exact) mass is 435 g/mol. The van der Waals surface area contributed by atoms with Gasteiger partial charge in [-0.1, -0.05) is 41.9 Å². The number of benzene rings is 3. The fourth-order valence-electron chi connectivity index (χ4n) is 3.36. The van der Waals surface area contributed by atoms with E-state index in [1.54, 1.807) is 0 Å². The lowest BCUT2D eigenvalue weighted by molar-refractivity contribution is 0.269. The van der Waals surface area contributed by atoms with Gasteiger partial charge in [0.1, 0.15) is 12.4 Å². The van der Waals surface area contributed by atoms with Crippen molar-refractivity contribution < 1.29 is 9.47 Å². The van der Waals surface area contributed by atoms with Gasteiger partial charge in [-0.2, -0.15) is 0 Å². The van der Waals surface area contributed by atoms with Gasteiger partial charge in [-0.25, -0.2) is 4.98 Å². The first-order chi connectivity index (χ1) is 15.2. The van der Waals surface area contributed by atoms with Gasteiger partial charge in [0.2, 0.25) is 0 Å². The number of aromatic amines is 1. The minimum Gasteiger partial charge on any atom is -0.490 e. The summed E-state index contributed by atoms with van der Waals surface area (Å²) in [5.74, 6) is 2.49. The highest BCUT2D eigenvalue weighted by Crippen LogP contribution is 2.29. The summed E-state index contributed by atoms with van der Waals surface area (Å²) in [5.41, 5.74) is 4.29. The second-order valence-corrected chi connectivity index (χ2v) is 7.69. The molecule has 1 heterocycles. The summed E-state index contributed by atoms with van der Waals surface area (Å²) < 4.78 is 11.8. The Bertz CT molecular complexity index is 1090. The number of hydrogen-bond donors (Lipinski definition) is 2. The number of aromatic nitrogens is 2. The minimum absolute atomic E-state index is 0.465. The zero-order chi connectivity index (χ0) is 21.5. The maximum atomic E-state index is 5.98. The van der Waals surface area contributed by atoms with Gasteiger partial charge < -0.3 is 19.8 Å². The van der Waals surface area contributed by atoms with Crippen LogP contribution in [0.1, 0.15) is 23.9 Å². The van der Waals surface area contributed by atoms with Crippen molar-refractivity contribution in [3.8, 4) is 11.5 Å². The van der Waals surface area contributed by atoms with Crippen LogP contribution >= 0.6 is 11.6 Å². The van der Waals surface area contributed by atoms with Crippen molar-refractivity contribution in [3.63, 3.8) is 0 Å². The Kier molecular flexibility index (Phi) is 7.07. The van der Waals surface area contributed by atoms with E-state index in [0.717, 1.165) is 64.0 Å². The maximum Gasteiger partial charge on any atom is 0.161 e. The minimum atomic E-state index is 0.465.